The lowest BCUT2D eigenvalue weighted by Gasteiger charge is -2.32. The summed E-state index contributed by atoms with van der Waals surface area (Å²) in [6, 6.07) is -0.933. The number of carbonyl (C=O) groups excluding carboxylic acids is 1. The number of amides is 1. The monoisotopic (exact) mass is 347 g/mol. The Labute approximate surface area is 152 Å². The number of aliphatic carboxylic acids is 1. The van der Waals surface area contributed by atoms with E-state index >= 15 is 0 Å². The highest BCUT2D eigenvalue weighted by Crippen LogP contribution is 2.33. The maximum atomic E-state index is 12.6. The number of hydrogen-bond acceptors (Lipinski definition) is 2. The molecule has 140 valence electrons. The molecule has 25 heavy (non-hydrogen) atoms. The molecule has 4 nitrogen and oxygen atoms in total. The summed E-state index contributed by atoms with van der Waals surface area (Å²) in [6.07, 6.45) is 10.9. The fourth-order valence-electron chi connectivity index (χ4n) is 3.18. The molecule has 1 aliphatic rings. The third-order valence-electron chi connectivity index (χ3n) is 4.19. The highest BCUT2D eigenvalue weighted by molar-refractivity contribution is 5.87. The molecule has 0 saturated heterocycles. The van der Waals surface area contributed by atoms with Gasteiger partial charge in [-0.3, -0.25) is 4.79 Å². The molecule has 1 atom stereocenters. The first kappa shape index (κ1) is 21.2. The molecule has 1 amide bonds. The van der Waals surface area contributed by atoms with E-state index in [0.717, 1.165) is 5.57 Å². The number of carboxylic acid groups (broad SMARTS) is 1. The van der Waals surface area contributed by atoms with Gasteiger partial charge in [0.1, 0.15) is 6.04 Å². The topological polar surface area (TPSA) is 66.4 Å². The van der Waals surface area contributed by atoms with Crippen LogP contribution in [0.3, 0.4) is 0 Å². The fraction of sp³-hybridized carbons (Fsp3) is 0.619. The molecule has 4 heteroatoms. The minimum atomic E-state index is -1.01. The molecule has 1 aliphatic carbocycles. The second-order valence-corrected chi connectivity index (χ2v) is 9.45. The number of rotatable bonds is 6. The van der Waals surface area contributed by atoms with Crippen molar-refractivity contribution in [3.05, 3.63) is 36.0 Å². The van der Waals surface area contributed by atoms with Crippen molar-refractivity contribution >= 4 is 11.9 Å². The Bertz CT molecular complexity index is 601. The minimum Gasteiger partial charge on any atom is -0.480 e. The van der Waals surface area contributed by atoms with Crippen molar-refractivity contribution in [3.8, 4) is 0 Å². The molecule has 1 unspecified atom stereocenters. The summed E-state index contributed by atoms with van der Waals surface area (Å²) in [5.74, 6) is -1.23. The standard InChI is InChI=1S/C21H33NO3/c1-19(2,3)14-21(6,7)18(25)22-16(17(23)24)13-15-9-8-11-20(4,5)12-10-15/h8-12,16H,13-14H2,1-7H3,(H,22,25)(H,23,24). The van der Waals surface area contributed by atoms with E-state index in [1.165, 1.54) is 0 Å². The fourth-order valence-corrected chi connectivity index (χ4v) is 3.18. The van der Waals surface area contributed by atoms with Crippen LogP contribution in [0.4, 0.5) is 0 Å². The van der Waals surface area contributed by atoms with Crippen LogP contribution in [0, 0.1) is 16.2 Å². The highest BCUT2D eigenvalue weighted by atomic mass is 16.4. The average molecular weight is 347 g/mol. The van der Waals surface area contributed by atoms with Gasteiger partial charge in [0.15, 0.2) is 0 Å². The van der Waals surface area contributed by atoms with Crippen LogP contribution < -0.4 is 5.32 Å². The second kappa shape index (κ2) is 7.59. The average Bonchev–Trinajstić information content (AvgIpc) is 2.56. The van der Waals surface area contributed by atoms with E-state index in [-0.39, 0.29) is 23.2 Å². The molecular formula is C21H33NO3. The molecule has 0 radical (unpaired) electrons. The van der Waals surface area contributed by atoms with E-state index in [1.54, 1.807) is 0 Å². The van der Waals surface area contributed by atoms with Crippen LogP contribution in [0.5, 0.6) is 0 Å². The molecule has 2 N–H and O–H groups in total. The van der Waals surface area contributed by atoms with E-state index in [1.807, 2.05) is 38.2 Å². The molecule has 0 aliphatic heterocycles. The molecule has 0 bridgehead atoms. The van der Waals surface area contributed by atoms with Crippen molar-refractivity contribution in [2.75, 3.05) is 0 Å². The predicted molar refractivity (Wildman–Crippen MR) is 102 cm³/mol. The summed E-state index contributed by atoms with van der Waals surface area (Å²) in [5, 5.41) is 12.3. The minimum absolute atomic E-state index is 0.0114. The summed E-state index contributed by atoms with van der Waals surface area (Å²) >= 11 is 0. The van der Waals surface area contributed by atoms with E-state index in [2.05, 4.69) is 46.0 Å². The molecule has 0 aromatic carbocycles. The summed E-state index contributed by atoms with van der Waals surface area (Å²) < 4.78 is 0. The van der Waals surface area contributed by atoms with Crippen molar-refractivity contribution in [1.82, 2.24) is 5.32 Å². The van der Waals surface area contributed by atoms with Crippen LogP contribution in [0.2, 0.25) is 0 Å². The van der Waals surface area contributed by atoms with Crippen molar-refractivity contribution in [2.24, 2.45) is 16.2 Å². The first-order valence-corrected chi connectivity index (χ1v) is 8.83. The molecule has 0 heterocycles. The zero-order valence-corrected chi connectivity index (χ0v) is 16.6. The summed E-state index contributed by atoms with van der Waals surface area (Å²) in [5.41, 5.74) is 0.196. The number of carboxylic acids is 1. The van der Waals surface area contributed by atoms with Gasteiger partial charge in [-0.05, 0) is 17.4 Å². The van der Waals surface area contributed by atoms with Gasteiger partial charge < -0.3 is 10.4 Å². The lowest BCUT2D eigenvalue weighted by Crippen LogP contribution is -2.47. The Morgan fingerprint density at radius 1 is 1.16 bits per heavy atom. The zero-order valence-electron chi connectivity index (χ0n) is 16.6. The molecule has 0 aromatic rings. The van der Waals surface area contributed by atoms with Crippen molar-refractivity contribution in [1.29, 1.82) is 0 Å². The maximum absolute atomic E-state index is 12.6. The number of hydrogen-bond donors (Lipinski definition) is 2. The molecule has 0 aromatic heterocycles. The first-order chi connectivity index (χ1) is 11.2. The number of nitrogens with one attached hydrogen (secondary N) is 1. The van der Waals surface area contributed by atoms with Gasteiger partial charge in [-0.15, -0.1) is 0 Å². The quantitative estimate of drug-likeness (QED) is 0.744. The molecular weight excluding hydrogens is 314 g/mol. The van der Waals surface area contributed by atoms with Crippen molar-refractivity contribution in [3.63, 3.8) is 0 Å². The summed E-state index contributed by atoms with van der Waals surface area (Å²) in [7, 11) is 0. The Balaban J connectivity index is 2.85. The van der Waals surface area contributed by atoms with Crippen LogP contribution in [0.1, 0.15) is 61.3 Å². The lowest BCUT2D eigenvalue weighted by molar-refractivity contribution is -0.143. The van der Waals surface area contributed by atoms with E-state index < -0.39 is 17.4 Å². The predicted octanol–water partition coefficient (Wildman–Crippen LogP) is 4.49. The van der Waals surface area contributed by atoms with Gasteiger partial charge in [-0.2, -0.15) is 0 Å². The summed E-state index contributed by atoms with van der Waals surface area (Å²) in [4.78, 5) is 24.3. The molecule has 0 fully saturated rings. The van der Waals surface area contributed by atoms with Gasteiger partial charge in [0, 0.05) is 17.3 Å². The maximum Gasteiger partial charge on any atom is 0.326 e. The Kier molecular flexibility index (Phi) is 6.44. The smallest absolute Gasteiger partial charge is 0.326 e. The van der Waals surface area contributed by atoms with E-state index in [9.17, 15) is 14.7 Å². The molecule has 0 saturated carbocycles. The van der Waals surface area contributed by atoms with Crippen LogP contribution in [0.15, 0.2) is 36.0 Å². The Hall–Kier alpha value is -1.84. The van der Waals surface area contributed by atoms with Crippen LogP contribution in [-0.2, 0) is 9.59 Å². The van der Waals surface area contributed by atoms with Gasteiger partial charge in [0.05, 0.1) is 0 Å². The van der Waals surface area contributed by atoms with Gasteiger partial charge in [-0.1, -0.05) is 78.8 Å². The van der Waals surface area contributed by atoms with Gasteiger partial charge >= 0.3 is 5.97 Å². The van der Waals surface area contributed by atoms with Crippen molar-refractivity contribution in [2.45, 2.75) is 67.3 Å². The summed E-state index contributed by atoms with van der Waals surface area (Å²) in [6.45, 7) is 14.1. The number of carbonyl (C=O) groups is 2. The van der Waals surface area contributed by atoms with Crippen LogP contribution in [-0.4, -0.2) is 23.0 Å². The van der Waals surface area contributed by atoms with E-state index in [4.69, 9.17) is 0 Å². The third kappa shape index (κ3) is 7.29. The lowest BCUT2D eigenvalue weighted by atomic mass is 9.75. The third-order valence-corrected chi connectivity index (χ3v) is 4.19. The largest absolute Gasteiger partial charge is 0.480 e. The van der Waals surface area contributed by atoms with Gasteiger partial charge in [0.2, 0.25) is 5.91 Å². The highest BCUT2D eigenvalue weighted by Gasteiger charge is 2.35. The Morgan fingerprint density at radius 2 is 1.76 bits per heavy atom. The normalized spacial score (nSPS) is 18.3. The first-order valence-electron chi connectivity index (χ1n) is 8.83. The van der Waals surface area contributed by atoms with E-state index in [0.29, 0.717) is 6.42 Å². The SMILES string of the molecule is CC1(C)C=CC=C(CC(NC(=O)C(C)(C)CC(C)(C)C)C(=O)O)C=C1. The van der Waals surface area contributed by atoms with Crippen LogP contribution >= 0.6 is 0 Å². The van der Waals surface area contributed by atoms with Gasteiger partial charge in [-0.25, -0.2) is 4.79 Å². The number of allylic oxidation sites excluding steroid dienone is 5. The van der Waals surface area contributed by atoms with Crippen molar-refractivity contribution < 1.29 is 14.7 Å². The molecule has 0 spiro atoms. The Morgan fingerprint density at radius 3 is 2.28 bits per heavy atom. The molecule has 1 rings (SSSR count). The van der Waals surface area contributed by atoms with Crippen LogP contribution in [0.25, 0.3) is 0 Å². The zero-order chi connectivity index (χ0) is 19.5. The second-order valence-electron chi connectivity index (χ2n) is 9.45. The van der Waals surface area contributed by atoms with Gasteiger partial charge in [0.25, 0.3) is 0 Å².